The zero-order valence-electron chi connectivity index (χ0n) is 13.5. The summed E-state index contributed by atoms with van der Waals surface area (Å²) in [4.78, 5) is 15.4. The SMILES string of the molecule is CCc1nc(-c2cc(C)cc(F)c2)c(-c2ccc3[nH]cnc3c2)[nH]1. The second-order valence-electron chi connectivity index (χ2n) is 5.91. The van der Waals surface area contributed by atoms with Crippen molar-refractivity contribution in [2.75, 3.05) is 0 Å². The number of imidazole rings is 2. The van der Waals surface area contributed by atoms with E-state index in [9.17, 15) is 4.39 Å². The van der Waals surface area contributed by atoms with Crippen molar-refractivity contribution in [2.24, 2.45) is 0 Å². The number of aromatic amines is 2. The molecule has 0 bridgehead atoms. The lowest BCUT2D eigenvalue weighted by Gasteiger charge is -2.05. The molecule has 0 unspecified atom stereocenters. The number of hydrogen-bond acceptors (Lipinski definition) is 2. The number of fused-ring (bicyclic) bond motifs is 1. The fourth-order valence-electron chi connectivity index (χ4n) is 2.97. The maximum Gasteiger partial charge on any atom is 0.124 e. The van der Waals surface area contributed by atoms with Gasteiger partial charge in [0, 0.05) is 17.5 Å². The molecule has 24 heavy (non-hydrogen) atoms. The maximum atomic E-state index is 13.9. The Bertz CT molecular complexity index is 1010. The van der Waals surface area contributed by atoms with Gasteiger partial charge in [-0.1, -0.05) is 13.0 Å². The van der Waals surface area contributed by atoms with E-state index in [4.69, 9.17) is 0 Å². The molecule has 2 aromatic heterocycles. The lowest BCUT2D eigenvalue weighted by molar-refractivity contribution is 0.627. The summed E-state index contributed by atoms with van der Waals surface area (Å²) < 4.78 is 13.9. The molecule has 5 heteroatoms. The van der Waals surface area contributed by atoms with Gasteiger partial charge in [0.05, 0.1) is 28.7 Å². The molecular formula is C19H17FN4. The van der Waals surface area contributed by atoms with E-state index in [0.717, 1.165) is 51.4 Å². The average Bonchev–Trinajstić information content (AvgIpc) is 3.19. The van der Waals surface area contributed by atoms with Crippen molar-refractivity contribution in [1.29, 1.82) is 0 Å². The van der Waals surface area contributed by atoms with Crippen molar-refractivity contribution in [1.82, 2.24) is 19.9 Å². The first-order valence-corrected chi connectivity index (χ1v) is 7.94. The first-order valence-electron chi connectivity index (χ1n) is 7.94. The number of aromatic nitrogens is 4. The molecule has 0 saturated heterocycles. The minimum Gasteiger partial charge on any atom is -0.345 e. The summed E-state index contributed by atoms with van der Waals surface area (Å²) in [5, 5.41) is 0. The van der Waals surface area contributed by atoms with Gasteiger partial charge in [-0.15, -0.1) is 0 Å². The third kappa shape index (κ3) is 2.48. The molecule has 0 radical (unpaired) electrons. The minimum atomic E-state index is -0.250. The number of rotatable bonds is 3. The zero-order valence-corrected chi connectivity index (χ0v) is 13.5. The number of H-pyrrole nitrogens is 2. The number of hydrogen-bond donors (Lipinski definition) is 2. The summed E-state index contributed by atoms with van der Waals surface area (Å²) in [7, 11) is 0. The van der Waals surface area contributed by atoms with Crippen LogP contribution in [0.3, 0.4) is 0 Å². The molecule has 4 nitrogen and oxygen atoms in total. The van der Waals surface area contributed by atoms with Crippen LogP contribution in [0.25, 0.3) is 33.5 Å². The lowest BCUT2D eigenvalue weighted by atomic mass is 10.0. The Morgan fingerprint density at radius 3 is 2.75 bits per heavy atom. The summed E-state index contributed by atoms with van der Waals surface area (Å²) >= 11 is 0. The molecule has 0 aliphatic heterocycles. The molecule has 0 atom stereocenters. The molecule has 120 valence electrons. The van der Waals surface area contributed by atoms with Gasteiger partial charge in [0.1, 0.15) is 11.6 Å². The molecule has 0 spiro atoms. The molecule has 0 amide bonds. The van der Waals surface area contributed by atoms with Crippen LogP contribution in [-0.2, 0) is 6.42 Å². The highest BCUT2D eigenvalue weighted by Gasteiger charge is 2.15. The topological polar surface area (TPSA) is 57.4 Å². The Morgan fingerprint density at radius 2 is 1.96 bits per heavy atom. The standard InChI is InChI=1S/C19H17FN4/c1-3-17-23-18(12-4-5-15-16(9-12)22-10-21-15)19(24-17)13-6-11(2)7-14(20)8-13/h4-10H,3H2,1-2H3,(H,21,22)(H,23,24). The Kier molecular flexibility index (Phi) is 3.41. The molecule has 0 saturated carbocycles. The molecule has 0 aliphatic rings. The van der Waals surface area contributed by atoms with Crippen molar-refractivity contribution in [3.63, 3.8) is 0 Å². The summed E-state index contributed by atoms with van der Waals surface area (Å²) in [6.07, 6.45) is 2.46. The third-order valence-corrected chi connectivity index (χ3v) is 4.11. The van der Waals surface area contributed by atoms with Crippen LogP contribution >= 0.6 is 0 Å². The second-order valence-corrected chi connectivity index (χ2v) is 5.91. The van der Waals surface area contributed by atoms with Crippen molar-refractivity contribution in [3.05, 3.63) is 59.9 Å². The van der Waals surface area contributed by atoms with Crippen LogP contribution in [0.4, 0.5) is 4.39 Å². The zero-order chi connectivity index (χ0) is 16.7. The number of nitrogens with zero attached hydrogens (tertiary/aromatic N) is 2. The fraction of sp³-hybridized carbons (Fsp3) is 0.158. The predicted molar refractivity (Wildman–Crippen MR) is 93.2 cm³/mol. The van der Waals surface area contributed by atoms with Crippen LogP contribution in [0.5, 0.6) is 0 Å². The van der Waals surface area contributed by atoms with Crippen LogP contribution in [0.15, 0.2) is 42.7 Å². The van der Waals surface area contributed by atoms with Gasteiger partial charge in [-0.25, -0.2) is 14.4 Å². The van der Waals surface area contributed by atoms with Crippen LogP contribution < -0.4 is 0 Å². The van der Waals surface area contributed by atoms with Gasteiger partial charge in [0.25, 0.3) is 0 Å². The van der Waals surface area contributed by atoms with Crippen LogP contribution in [0, 0.1) is 12.7 Å². The summed E-state index contributed by atoms with van der Waals surface area (Å²) in [6.45, 7) is 3.93. The average molecular weight is 320 g/mol. The van der Waals surface area contributed by atoms with Gasteiger partial charge in [-0.2, -0.15) is 0 Å². The van der Waals surface area contributed by atoms with Crippen LogP contribution in [0.1, 0.15) is 18.3 Å². The smallest absolute Gasteiger partial charge is 0.124 e. The Hall–Kier alpha value is -2.95. The van der Waals surface area contributed by atoms with E-state index < -0.39 is 0 Å². The van der Waals surface area contributed by atoms with E-state index in [-0.39, 0.29) is 5.82 Å². The fourth-order valence-corrected chi connectivity index (χ4v) is 2.97. The number of nitrogens with one attached hydrogen (secondary N) is 2. The Balaban J connectivity index is 1.92. The normalized spacial score (nSPS) is 11.3. The highest BCUT2D eigenvalue weighted by Crippen LogP contribution is 2.32. The monoisotopic (exact) mass is 320 g/mol. The molecule has 4 rings (SSSR count). The molecule has 0 fully saturated rings. The van der Waals surface area contributed by atoms with Crippen molar-refractivity contribution < 1.29 is 4.39 Å². The first kappa shape index (κ1) is 14.6. The van der Waals surface area contributed by atoms with Crippen molar-refractivity contribution >= 4 is 11.0 Å². The van der Waals surface area contributed by atoms with Crippen molar-refractivity contribution in [3.8, 4) is 22.5 Å². The van der Waals surface area contributed by atoms with E-state index in [1.165, 1.54) is 12.1 Å². The van der Waals surface area contributed by atoms with E-state index in [1.807, 2.05) is 38.1 Å². The summed E-state index contributed by atoms with van der Waals surface area (Å²) in [5.41, 5.74) is 6.17. The highest BCUT2D eigenvalue weighted by molar-refractivity contribution is 5.85. The number of aryl methyl sites for hydroxylation is 2. The van der Waals surface area contributed by atoms with E-state index in [1.54, 1.807) is 6.33 Å². The van der Waals surface area contributed by atoms with Crippen LogP contribution in [-0.4, -0.2) is 19.9 Å². The maximum absolute atomic E-state index is 13.9. The van der Waals surface area contributed by atoms with E-state index >= 15 is 0 Å². The van der Waals surface area contributed by atoms with E-state index in [0.29, 0.717) is 0 Å². The number of benzene rings is 2. The largest absolute Gasteiger partial charge is 0.345 e. The quantitative estimate of drug-likeness (QED) is 0.578. The van der Waals surface area contributed by atoms with E-state index in [2.05, 4.69) is 19.9 Å². The van der Waals surface area contributed by atoms with Gasteiger partial charge in [-0.3, -0.25) is 0 Å². The molecule has 4 aromatic rings. The van der Waals surface area contributed by atoms with Gasteiger partial charge < -0.3 is 9.97 Å². The first-order chi connectivity index (χ1) is 11.6. The lowest BCUT2D eigenvalue weighted by Crippen LogP contribution is -1.87. The minimum absolute atomic E-state index is 0.250. The Labute approximate surface area is 138 Å². The molecule has 0 aliphatic carbocycles. The third-order valence-electron chi connectivity index (χ3n) is 4.11. The van der Waals surface area contributed by atoms with Gasteiger partial charge in [-0.05, 0) is 42.8 Å². The molecule has 2 aromatic carbocycles. The molecule has 2 heterocycles. The van der Waals surface area contributed by atoms with Gasteiger partial charge in [0.2, 0.25) is 0 Å². The molecule has 2 N–H and O–H groups in total. The van der Waals surface area contributed by atoms with Crippen molar-refractivity contribution in [2.45, 2.75) is 20.3 Å². The molecular weight excluding hydrogens is 303 g/mol. The highest BCUT2D eigenvalue weighted by atomic mass is 19.1. The summed E-state index contributed by atoms with van der Waals surface area (Å²) in [5.74, 6) is 0.629. The van der Waals surface area contributed by atoms with Gasteiger partial charge in [0.15, 0.2) is 0 Å². The number of halogens is 1. The Morgan fingerprint density at radius 1 is 1.08 bits per heavy atom. The van der Waals surface area contributed by atoms with Crippen LogP contribution in [0.2, 0.25) is 0 Å². The summed E-state index contributed by atoms with van der Waals surface area (Å²) in [6, 6.07) is 11.0. The second kappa shape index (κ2) is 5.60. The predicted octanol–water partition coefficient (Wildman–Crippen LogP) is 4.63. The van der Waals surface area contributed by atoms with Gasteiger partial charge >= 0.3 is 0 Å².